The second-order valence-electron chi connectivity index (χ2n) is 7.39. The van der Waals surface area contributed by atoms with E-state index in [1.165, 1.54) is 19.3 Å². The number of hydrogen-bond acceptors (Lipinski definition) is 4. The number of aryl methyl sites for hydroxylation is 2. The average Bonchev–Trinajstić information content (AvgIpc) is 2.90. The quantitative estimate of drug-likeness (QED) is 0.744. The van der Waals surface area contributed by atoms with Crippen molar-refractivity contribution >= 4 is 6.03 Å². The highest BCUT2D eigenvalue weighted by molar-refractivity contribution is 5.74. The van der Waals surface area contributed by atoms with Gasteiger partial charge in [0.15, 0.2) is 0 Å². The molecule has 1 aromatic rings. The Morgan fingerprint density at radius 3 is 2.58 bits per heavy atom. The number of amides is 2. The van der Waals surface area contributed by atoms with Crippen molar-refractivity contribution in [1.82, 2.24) is 15.8 Å². The normalized spacial score (nSPS) is 19.5. The molecule has 2 atom stereocenters. The summed E-state index contributed by atoms with van der Waals surface area (Å²) in [7, 11) is 0. The van der Waals surface area contributed by atoms with Crippen LogP contribution in [-0.2, 0) is 0 Å². The summed E-state index contributed by atoms with van der Waals surface area (Å²) in [6, 6.07) is -0.246. The topological polar surface area (TPSA) is 87.4 Å². The fourth-order valence-corrected chi connectivity index (χ4v) is 3.73. The minimum atomic E-state index is -0.842. The fourth-order valence-electron chi connectivity index (χ4n) is 3.73. The summed E-state index contributed by atoms with van der Waals surface area (Å²) in [5.41, 5.74) is 1.07. The molecule has 1 aliphatic carbocycles. The van der Waals surface area contributed by atoms with Gasteiger partial charge in [0.05, 0.1) is 11.3 Å². The highest BCUT2D eigenvalue weighted by Crippen LogP contribution is 2.32. The van der Waals surface area contributed by atoms with Gasteiger partial charge in [-0.05, 0) is 39.5 Å². The Hall–Kier alpha value is -1.56. The summed E-state index contributed by atoms with van der Waals surface area (Å²) < 4.78 is 5.17. The molecule has 1 aromatic heterocycles. The Bertz CT molecular complexity index is 528. The average molecular weight is 337 g/mol. The number of nitrogens with zero attached hydrogens (tertiary/aromatic N) is 1. The molecule has 1 heterocycles. The minimum absolute atomic E-state index is 0.126. The molecule has 1 saturated carbocycles. The molecule has 0 aromatic carbocycles. The first-order valence-electron chi connectivity index (χ1n) is 8.98. The van der Waals surface area contributed by atoms with Gasteiger partial charge in [0, 0.05) is 24.6 Å². The summed E-state index contributed by atoms with van der Waals surface area (Å²) in [6.07, 6.45) is 5.67. The van der Waals surface area contributed by atoms with E-state index in [9.17, 15) is 9.90 Å². The lowest BCUT2D eigenvalue weighted by Crippen LogP contribution is -2.49. The number of carbonyl (C=O) groups is 1. The number of urea groups is 1. The van der Waals surface area contributed by atoms with Crippen molar-refractivity contribution in [3.05, 3.63) is 17.0 Å². The Morgan fingerprint density at radius 2 is 2.00 bits per heavy atom. The summed E-state index contributed by atoms with van der Waals surface area (Å²) in [6.45, 7) is 8.43. The van der Waals surface area contributed by atoms with Crippen molar-refractivity contribution in [1.29, 1.82) is 0 Å². The third kappa shape index (κ3) is 4.72. The molecule has 0 saturated heterocycles. The molecule has 24 heavy (non-hydrogen) atoms. The molecule has 1 fully saturated rings. The SMILES string of the molecule is Cc1noc(C)c1[C@H](C)CNC(=O)NC[C@@](C)(O)C1CCCCC1. The fraction of sp³-hybridized carbons (Fsp3) is 0.778. The van der Waals surface area contributed by atoms with Crippen LogP contribution in [0.5, 0.6) is 0 Å². The smallest absolute Gasteiger partial charge is 0.314 e. The third-order valence-corrected chi connectivity index (χ3v) is 5.24. The van der Waals surface area contributed by atoms with Crippen molar-refractivity contribution in [3.8, 4) is 0 Å². The van der Waals surface area contributed by atoms with Gasteiger partial charge in [0.25, 0.3) is 0 Å². The summed E-state index contributed by atoms with van der Waals surface area (Å²) in [5, 5.41) is 20.3. The number of aliphatic hydroxyl groups is 1. The van der Waals surface area contributed by atoms with E-state index in [-0.39, 0.29) is 24.4 Å². The molecule has 2 amide bonds. The highest BCUT2D eigenvalue weighted by Gasteiger charge is 2.33. The Balaban J connectivity index is 1.77. The molecule has 136 valence electrons. The Kier molecular flexibility index (Phi) is 6.27. The molecule has 6 heteroatoms. The lowest BCUT2D eigenvalue weighted by molar-refractivity contribution is -0.0130. The molecule has 0 aliphatic heterocycles. The van der Waals surface area contributed by atoms with E-state index in [1.54, 1.807) is 0 Å². The van der Waals surface area contributed by atoms with Gasteiger partial charge < -0.3 is 20.3 Å². The van der Waals surface area contributed by atoms with E-state index >= 15 is 0 Å². The van der Waals surface area contributed by atoms with Gasteiger partial charge in [-0.3, -0.25) is 0 Å². The Morgan fingerprint density at radius 1 is 1.33 bits per heavy atom. The predicted octanol–water partition coefficient (Wildman–Crippen LogP) is 3.03. The highest BCUT2D eigenvalue weighted by atomic mass is 16.5. The van der Waals surface area contributed by atoms with Gasteiger partial charge in [0.1, 0.15) is 5.76 Å². The van der Waals surface area contributed by atoms with Gasteiger partial charge in [-0.15, -0.1) is 0 Å². The molecular formula is C18H31N3O3. The number of carbonyl (C=O) groups excluding carboxylic acids is 1. The number of nitrogens with one attached hydrogen (secondary N) is 2. The molecule has 3 N–H and O–H groups in total. The monoisotopic (exact) mass is 337 g/mol. The maximum Gasteiger partial charge on any atom is 0.314 e. The molecule has 0 radical (unpaired) electrons. The zero-order valence-corrected chi connectivity index (χ0v) is 15.3. The van der Waals surface area contributed by atoms with Crippen LogP contribution < -0.4 is 10.6 Å². The first-order chi connectivity index (χ1) is 11.3. The maximum atomic E-state index is 12.0. The van der Waals surface area contributed by atoms with Crippen LogP contribution in [-0.4, -0.2) is 35.0 Å². The number of rotatable bonds is 6. The van der Waals surface area contributed by atoms with Crippen molar-refractivity contribution in [3.63, 3.8) is 0 Å². The van der Waals surface area contributed by atoms with E-state index in [0.717, 1.165) is 29.9 Å². The molecule has 0 unspecified atom stereocenters. The van der Waals surface area contributed by atoms with E-state index in [0.29, 0.717) is 6.54 Å². The second kappa shape index (κ2) is 8.01. The third-order valence-electron chi connectivity index (χ3n) is 5.24. The molecule has 2 rings (SSSR count). The first kappa shape index (κ1) is 18.8. The number of hydrogen-bond donors (Lipinski definition) is 3. The van der Waals surface area contributed by atoms with Crippen LogP contribution in [0.1, 0.15) is 68.9 Å². The zero-order valence-electron chi connectivity index (χ0n) is 15.3. The van der Waals surface area contributed by atoms with Crippen molar-refractivity contribution < 1.29 is 14.4 Å². The largest absolute Gasteiger partial charge is 0.388 e. The number of aromatic nitrogens is 1. The minimum Gasteiger partial charge on any atom is -0.388 e. The van der Waals surface area contributed by atoms with Gasteiger partial charge in [-0.2, -0.15) is 0 Å². The van der Waals surface area contributed by atoms with Gasteiger partial charge in [-0.25, -0.2) is 4.79 Å². The summed E-state index contributed by atoms with van der Waals surface area (Å²) in [5.74, 6) is 1.19. The van der Waals surface area contributed by atoms with Crippen LogP contribution in [0.4, 0.5) is 4.79 Å². The van der Waals surface area contributed by atoms with Gasteiger partial charge in [-0.1, -0.05) is 31.3 Å². The Labute approximate surface area is 144 Å². The second-order valence-corrected chi connectivity index (χ2v) is 7.39. The molecular weight excluding hydrogens is 306 g/mol. The molecule has 0 spiro atoms. The van der Waals surface area contributed by atoms with Crippen LogP contribution in [0.2, 0.25) is 0 Å². The standard InChI is InChI=1S/C18H31N3O3/c1-12(16-13(2)21-24-14(16)3)10-19-17(22)20-11-18(4,23)15-8-6-5-7-9-15/h12,15,23H,5-11H2,1-4H3,(H2,19,20,22)/t12-,18-/m1/s1. The van der Waals surface area contributed by atoms with Gasteiger partial charge in [0.2, 0.25) is 0 Å². The molecule has 0 bridgehead atoms. The van der Waals surface area contributed by atoms with E-state index in [1.807, 2.05) is 27.7 Å². The summed E-state index contributed by atoms with van der Waals surface area (Å²) >= 11 is 0. The van der Waals surface area contributed by atoms with Crippen molar-refractivity contribution in [2.45, 2.75) is 71.3 Å². The maximum absolute atomic E-state index is 12.0. The molecule has 1 aliphatic rings. The predicted molar refractivity (Wildman–Crippen MR) is 93.0 cm³/mol. The van der Waals surface area contributed by atoms with Crippen LogP contribution in [0.15, 0.2) is 4.52 Å². The summed E-state index contributed by atoms with van der Waals surface area (Å²) in [4.78, 5) is 12.0. The first-order valence-corrected chi connectivity index (χ1v) is 8.98. The van der Waals surface area contributed by atoms with Crippen LogP contribution in [0, 0.1) is 19.8 Å². The van der Waals surface area contributed by atoms with E-state index in [4.69, 9.17) is 4.52 Å². The lowest BCUT2D eigenvalue weighted by Gasteiger charge is -2.35. The van der Waals surface area contributed by atoms with Crippen molar-refractivity contribution in [2.24, 2.45) is 5.92 Å². The zero-order chi connectivity index (χ0) is 17.7. The lowest BCUT2D eigenvalue weighted by atomic mass is 9.78. The van der Waals surface area contributed by atoms with Gasteiger partial charge >= 0.3 is 6.03 Å². The van der Waals surface area contributed by atoms with Crippen LogP contribution in [0.25, 0.3) is 0 Å². The van der Waals surface area contributed by atoms with E-state index < -0.39 is 5.60 Å². The molecule has 6 nitrogen and oxygen atoms in total. The van der Waals surface area contributed by atoms with Crippen LogP contribution >= 0.6 is 0 Å². The van der Waals surface area contributed by atoms with E-state index in [2.05, 4.69) is 15.8 Å². The van der Waals surface area contributed by atoms with Crippen molar-refractivity contribution in [2.75, 3.05) is 13.1 Å². The van der Waals surface area contributed by atoms with Crippen LogP contribution in [0.3, 0.4) is 0 Å².